The lowest BCUT2D eigenvalue weighted by molar-refractivity contribution is -0.134. The van der Waals surface area contributed by atoms with Crippen molar-refractivity contribution in [1.29, 1.82) is 0 Å². The van der Waals surface area contributed by atoms with Crippen molar-refractivity contribution in [3.63, 3.8) is 0 Å². The smallest absolute Gasteiger partial charge is 0.251 e. The zero-order chi connectivity index (χ0) is 17.5. The number of amides is 1. The second-order valence-corrected chi connectivity index (χ2v) is 6.40. The summed E-state index contributed by atoms with van der Waals surface area (Å²) < 4.78 is 30.1. The molecule has 2 rings (SSSR count). The monoisotopic (exact) mass is 340 g/mol. The fourth-order valence-corrected chi connectivity index (χ4v) is 3.12. The molecular formula is C18H26F2N2O2. The van der Waals surface area contributed by atoms with Gasteiger partial charge in [-0.3, -0.25) is 9.69 Å². The molecule has 0 aromatic heterocycles. The van der Waals surface area contributed by atoms with Gasteiger partial charge < -0.3 is 9.64 Å². The normalized spacial score (nSPS) is 17.1. The Morgan fingerprint density at radius 3 is 2.50 bits per heavy atom. The summed E-state index contributed by atoms with van der Waals surface area (Å²) in [5, 5.41) is 0. The summed E-state index contributed by atoms with van der Waals surface area (Å²) in [6.07, 6.45) is -1.07. The highest BCUT2D eigenvalue weighted by atomic mass is 19.3. The second kappa shape index (κ2) is 8.97. The van der Waals surface area contributed by atoms with Crippen LogP contribution in [-0.2, 0) is 11.2 Å². The van der Waals surface area contributed by atoms with E-state index in [1.165, 1.54) is 0 Å². The van der Waals surface area contributed by atoms with E-state index in [2.05, 4.69) is 6.92 Å². The molecule has 1 aliphatic rings. The third-order valence-corrected chi connectivity index (χ3v) is 4.41. The Hall–Kier alpha value is -1.69. The van der Waals surface area contributed by atoms with Crippen LogP contribution in [0.15, 0.2) is 24.3 Å². The number of hydrogen-bond donors (Lipinski definition) is 0. The van der Waals surface area contributed by atoms with E-state index in [-0.39, 0.29) is 18.4 Å². The van der Waals surface area contributed by atoms with Gasteiger partial charge in [0.05, 0.1) is 13.7 Å². The molecule has 6 heteroatoms. The molecule has 1 aromatic rings. The zero-order valence-corrected chi connectivity index (χ0v) is 14.4. The molecule has 1 amide bonds. The van der Waals surface area contributed by atoms with Crippen LogP contribution < -0.4 is 4.74 Å². The van der Waals surface area contributed by atoms with Gasteiger partial charge in [-0.05, 0) is 24.0 Å². The summed E-state index contributed by atoms with van der Waals surface area (Å²) in [4.78, 5) is 15.9. The van der Waals surface area contributed by atoms with E-state index < -0.39 is 6.43 Å². The number of methoxy groups -OCH3 is 1. The number of carbonyl (C=O) groups is 1. The quantitative estimate of drug-likeness (QED) is 0.765. The lowest BCUT2D eigenvalue weighted by Gasteiger charge is -2.35. The van der Waals surface area contributed by atoms with Crippen LogP contribution in [-0.4, -0.2) is 62.0 Å². The van der Waals surface area contributed by atoms with Crippen LogP contribution in [0.2, 0.25) is 0 Å². The molecule has 1 unspecified atom stereocenters. The number of hydrogen-bond acceptors (Lipinski definition) is 3. The number of rotatable bonds is 7. The van der Waals surface area contributed by atoms with Crippen LogP contribution in [0.4, 0.5) is 8.78 Å². The van der Waals surface area contributed by atoms with Crippen LogP contribution in [0.5, 0.6) is 5.75 Å². The van der Waals surface area contributed by atoms with E-state index in [1.54, 1.807) is 16.9 Å². The summed E-state index contributed by atoms with van der Waals surface area (Å²) in [7, 11) is 1.65. The van der Waals surface area contributed by atoms with Crippen molar-refractivity contribution in [3.05, 3.63) is 29.8 Å². The number of alkyl halides is 2. The lowest BCUT2D eigenvalue weighted by atomic mass is 9.96. The first-order chi connectivity index (χ1) is 11.5. The Morgan fingerprint density at radius 2 is 1.88 bits per heavy atom. The Labute approximate surface area is 142 Å². The molecule has 0 bridgehead atoms. The van der Waals surface area contributed by atoms with Gasteiger partial charge in [0.25, 0.3) is 6.43 Å². The minimum Gasteiger partial charge on any atom is -0.496 e. The summed E-state index contributed by atoms with van der Waals surface area (Å²) >= 11 is 0. The van der Waals surface area contributed by atoms with Gasteiger partial charge in [0.15, 0.2) is 0 Å². The fourth-order valence-electron chi connectivity index (χ4n) is 3.12. The van der Waals surface area contributed by atoms with Gasteiger partial charge >= 0.3 is 0 Å². The first-order valence-electron chi connectivity index (χ1n) is 8.39. The maximum atomic E-state index is 12.4. The average Bonchev–Trinajstić information content (AvgIpc) is 2.55. The molecule has 134 valence electrons. The van der Waals surface area contributed by atoms with Crippen molar-refractivity contribution in [2.24, 2.45) is 5.92 Å². The maximum Gasteiger partial charge on any atom is 0.251 e. The van der Waals surface area contributed by atoms with Crippen molar-refractivity contribution in [2.75, 3.05) is 39.8 Å². The van der Waals surface area contributed by atoms with Crippen molar-refractivity contribution in [1.82, 2.24) is 9.80 Å². The van der Waals surface area contributed by atoms with E-state index in [0.717, 1.165) is 17.7 Å². The third kappa shape index (κ3) is 5.44. The van der Waals surface area contributed by atoms with E-state index in [9.17, 15) is 13.6 Å². The fraction of sp³-hybridized carbons (Fsp3) is 0.611. The van der Waals surface area contributed by atoms with Crippen molar-refractivity contribution >= 4 is 5.91 Å². The molecule has 0 radical (unpaired) electrons. The van der Waals surface area contributed by atoms with Crippen LogP contribution in [0.1, 0.15) is 18.9 Å². The van der Waals surface area contributed by atoms with E-state index >= 15 is 0 Å². The molecule has 0 spiro atoms. The number of halogens is 2. The number of para-hydroxylation sites is 1. The zero-order valence-electron chi connectivity index (χ0n) is 14.4. The Balaban J connectivity index is 1.80. The highest BCUT2D eigenvalue weighted by molar-refractivity contribution is 5.76. The van der Waals surface area contributed by atoms with Gasteiger partial charge in [0.2, 0.25) is 5.91 Å². The molecule has 0 aliphatic carbocycles. The number of piperazine rings is 1. The molecule has 0 N–H and O–H groups in total. The first-order valence-corrected chi connectivity index (χ1v) is 8.39. The van der Waals surface area contributed by atoms with Gasteiger partial charge in [-0.25, -0.2) is 8.78 Å². The van der Waals surface area contributed by atoms with Gasteiger partial charge in [0, 0.05) is 32.6 Å². The second-order valence-electron chi connectivity index (χ2n) is 6.40. The number of ether oxygens (including phenoxy) is 1. The molecule has 1 saturated heterocycles. The Bertz CT molecular complexity index is 532. The summed E-state index contributed by atoms with van der Waals surface area (Å²) in [6.45, 7) is 3.97. The molecule has 1 heterocycles. The molecule has 0 saturated carbocycles. The molecule has 4 nitrogen and oxygen atoms in total. The Morgan fingerprint density at radius 1 is 1.21 bits per heavy atom. The number of carbonyl (C=O) groups excluding carboxylic acids is 1. The van der Waals surface area contributed by atoms with Gasteiger partial charge in [-0.1, -0.05) is 25.1 Å². The molecule has 24 heavy (non-hydrogen) atoms. The van der Waals surface area contributed by atoms with Gasteiger partial charge in [-0.15, -0.1) is 0 Å². The molecule has 1 fully saturated rings. The van der Waals surface area contributed by atoms with Crippen molar-refractivity contribution in [2.45, 2.75) is 26.2 Å². The summed E-state index contributed by atoms with van der Waals surface area (Å²) in [5.41, 5.74) is 1.10. The highest BCUT2D eigenvalue weighted by Gasteiger charge is 2.24. The standard InChI is InChI=1S/C18H26F2N2O2/c1-14(11-15-5-3-4-6-16(15)24-2)12-18(23)22-9-7-21(8-10-22)13-17(19)20/h3-6,14,17H,7-13H2,1-2H3. The van der Waals surface area contributed by atoms with E-state index in [1.807, 2.05) is 24.3 Å². The third-order valence-electron chi connectivity index (χ3n) is 4.41. The van der Waals surface area contributed by atoms with Crippen molar-refractivity contribution in [3.8, 4) is 5.75 Å². The highest BCUT2D eigenvalue weighted by Crippen LogP contribution is 2.22. The maximum absolute atomic E-state index is 12.4. The van der Waals surface area contributed by atoms with Crippen molar-refractivity contribution < 1.29 is 18.3 Å². The number of nitrogens with zero attached hydrogens (tertiary/aromatic N) is 2. The first kappa shape index (κ1) is 18.6. The van der Waals surface area contributed by atoms with Crippen LogP contribution >= 0.6 is 0 Å². The van der Waals surface area contributed by atoms with Crippen LogP contribution in [0.25, 0.3) is 0 Å². The Kier molecular flexibility index (Phi) is 6.97. The molecule has 1 atom stereocenters. The predicted molar refractivity (Wildman–Crippen MR) is 89.5 cm³/mol. The topological polar surface area (TPSA) is 32.8 Å². The van der Waals surface area contributed by atoms with E-state index in [0.29, 0.717) is 32.6 Å². The lowest BCUT2D eigenvalue weighted by Crippen LogP contribution is -2.50. The average molecular weight is 340 g/mol. The number of benzene rings is 1. The molecule has 1 aliphatic heterocycles. The van der Waals surface area contributed by atoms with Crippen LogP contribution in [0.3, 0.4) is 0 Å². The minimum atomic E-state index is -2.31. The van der Waals surface area contributed by atoms with Gasteiger partial charge in [0.1, 0.15) is 5.75 Å². The summed E-state index contributed by atoms with van der Waals surface area (Å²) in [6, 6.07) is 7.83. The predicted octanol–water partition coefficient (Wildman–Crippen LogP) is 2.67. The van der Waals surface area contributed by atoms with E-state index in [4.69, 9.17) is 4.74 Å². The molecule has 1 aromatic carbocycles. The minimum absolute atomic E-state index is 0.106. The van der Waals surface area contributed by atoms with Gasteiger partial charge in [-0.2, -0.15) is 0 Å². The van der Waals surface area contributed by atoms with Crippen LogP contribution in [0, 0.1) is 5.92 Å². The SMILES string of the molecule is COc1ccccc1CC(C)CC(=O)N1CCN(CC(F)F)CC1. The summed E-state index contributed by atoms with van der Waals surface area (Å²) in [5.74, 6) is 1.15. The largest absolute Gasteiger partial charge is 0.496 e. The molecular weight excluding hydrogens is 314 g/mol.